The quantitative estimate of drug-likeness (QED) is 0.739. The molecule has 1 aromatic carbocycles. The molecule has 0 radical (unpaired) electrons. The topological polar surface area (TPSA) is 106 Å². The van der Waals surface area contributed by atoms with Gasteiger partial charge in [-0.1, -0.05) is 5.16 Å². The van der Waals surface area contributed by atoms with Crippen LogP contribution in [0.5, 0.6) is 5.75 Å². The Balaban J connectivity index is 1.84. The molecule has 0 fully saturated rings. The fourth-order valence-electron chi connectivity index (χ4n) is 2.21. The fourth-order valence-corrected chi connectivity index (χ4v) is 2.21. The van der Waals surface area contributed by atoms with Gasteiger partial charge in [0.1, 0.15) is 5.75 Å². The molecule has 2 aromatic rings. The molecule has 1 N–H and O–H groups in total. The first kappa shape index (κ1) is 18.4. The Morgan fingerprint density at radius 1 is 1.24 bits per heavy atom. The number of methoxy groups -OCH3 is 1. The van der Waals surface area contributed by atoms with Crippen LogP contribution in [-0.4, -0.2) is 52.7 Å². The van der Waals surface area contributed by atoms with Crippen LogP contribution < -0.4 is 4.74 Å². The van der Waals surface area contributed by atoms with Crippen LogP contribution >= 0.6 is 0 Å². The van der Waals surface area contributed by atoms with E-state index in [1.165, 1.54) is 4.90 Å². The van der Waals surface area contributed by atoms with E-state index in [0.717, 1.165) is 11.3 Å². The maximum absolute atomic E-state index is 12.0. The molecule has 0 saturated carbocycles. The molecular weight excluding hydrogens is 326 g/mol. The number of nitrogens with zero attached hydrogens (tertiary/aromatic N) is 3. The summed E-state index contributed by atoms with van der Waals surface area (Å²) >= 11 is 0. The molecule has 8 heteroatoms. The van der Waals surface area contributed by atoms with Gasteiger partial charge in [-0.25, -0.2) is 0 Å². The zero-order valence-corrected chi connectivity index (χ0v) is 14.3. The molecule has 0 aliphatic heterocycles. The Morgan fingerprint density at radius 2 is 1.96 bits per heavy atom. The Bertz CT molecular complexity index is 711. The van der Waals surface area contributed by atoms with E-state index >= 15 is 0 Å². The molecule has 0 unspecified atom stereocenters. The van der Waals surface area contributed by atoms with E-state index in [4.69, 9.17) is 14.4 Å². The summed E-state index contributed by atoms with van der Waals surface area (Å²) in [6.07, 6.45) is 1.05. The van der Waals surface area contributed by atoms with Gasteiger partial charge in [-0.3, -0.25) is 9.59 Å². The van der Waals surface area contributed by atoms with E-state index in [1.807, 2.05) is 12.1 Å². The molecule has 25 heavy (non-hydrogen) atoms. The SMILES string of the molecule is COc1ccc(-c2noc(CCC(=O)N(C)CCCC(=O)O)n2)cc1. The third-order valence-corrected chi connectivity index (χ3v) is 3.68. The molecule has 8 nitrogen and oxygen atoms in total. The van der Waals surface area contributed by atoms with E-state index in [1.54, 1.807) is 26.3 Å². The van der Waals surface area contributed by atoms with E-state index in [9.17, 15) is 9.59 Å². The maximum Gasteiger partial charge on any atom is 0.303 e. The molecule has 0 saturated heterocycles. The van der Waals surface area contributed by atoms with Crippen molar-refractivity contribution < 1.29 is 24.0 Å². The second-order valence-corrected chi connectivity index (χ2v) is 5.55. The van der Waals surface area contributed by atoms with Crippen LogP contribution in [0, 0.1) is 0 Å². The van der Waals surface area contributed by atoms with Crippen molar-refractivity contribution in [1.29, 1.82) is 0 Å². The minimum atomic E-state index is -0.863. The predicted octanol–water partition coefficient (Wildman–Crippen LogP) is 2.00. The first-order valence-corrected chi connectivity index (χ1v) is 7.92. The number of aliphatic carboxylic acids is 1. The number of hydrogen-bond donors (Lipinski definition) is 1. The number of ether oxygens (including phenoxy) is 1. The maximum atomic E-state index is 12.0. The molecule has 0 aliphatic carbocycles. The molecule has 1 aromatic heterocycles. The summed E-state index contributed by atoms with van der Waals surface area (Å²) in [5.41, 5.74) is 0.799. The second-order valence-electron chi connectivity index (χ2n) is 5.55. The lowest BCUT2D eigenvalue weighted by molar-refractivity contribution is -0.138. The van der Waals surface area contributed by atoms with Crippen molar-refractivity contribution in [2.24, 2.45) is 0 Å². The van der Waals surface area contributed by atoms with Crippen LogP contribution in [0.15, 0.2) is 28.8 Å². The van der Waals surface area contributed by atoms with Crippen LogP contribution in [0.3, 0.4) is 0 Å². The highest BCUT2D eigenvalue weighted by Gasteiger charge is 2.13. The Labute approximate surface area is 145 Å². The number of rotatable bonds is 9. The van der Waals surface area contributed by atoms with E-state index in [-0.39, 0.29) is 18.7 Å². The molecular formula is C17H21N3O5. The summed E-state index contributed by atoms with van der Waals surface area (Å²) < 4.78 is 10.3. The normalized spacial score (nSPS) is 10.5. The van der Waals surface area contributed by atoms with Crippen molar-refractivity contribution in [3.8, 4) is 17.1 Å². The number of benzene rings is 1. The number of aromatic nitrogens is 2. The van der Waals surface area contributed by atoms with E-state index in [0.29, 0.717) is 31.1 Å². The van der Waals surface area contributed by atoms with Gasteiger partial charge >= 0.3 is 5.97 Å². The Hall–Kier alpha value is -2.90. The van der Waals surface area contributed by atoms with Crippen molar-refractivity contribution in [2.75, 3.05) is 20.7 Å². The first-order valence-electron chi connectivity index (χ1n) is 7.92. The van der Waals surface area contributed by atoms with Gasteiger partial charge in [0.25, 0.3) is 0 Å². The minimum absolute atomic E-state index is 0.0481. The van der Waals surface area contributed by atoms with Gasteiger partial charge in [0.05, 0.1) is 7.11 Å². The monoisotopic (exact) mass is 347 g/mol. The van der Waals surface area contributed by atoms with Crippen LogP contribution in [-0.2, 0) is 16.0 Å². The van der Waals surface area contributed by atoms with Crippen LogP contribution in [0.4, 0.5) is 0 Å². The zero-order chi connectivity index (χ0) is 18.2. The lowest BCUT2D eigenvalue weighted by Gasteiger charge is -2.15. The molecule has 2 rings (SSSR count). The second kappa shape index (κ2) is 8.81. The highest BCUT2D eigenvalue weighted by atomic mass is 16.5. The number of carboxylic acids is 1. The third kappa shape index (κ3) is 5.59. The highest BCUT2D eigenvalue weighted by molar-refractivity contribution is 5.76. The lowest BCUT2D eigenvalue weighted by Crippen LogP contribution is -2.28. The van der Waals surface area contributed by atoms with Gasteiger partial charge in [0, 0.05) is 38.4 Å². The summed E-state index contributed by atoms with van der Waals surface area (Å²) in [7, 11) is 3.25. The summed E-state index contributed by atoms with van der Waals surface area (Å²) in [4.78, 5) is 28.3. The van der Waals surface area contributed by atoms with Crippen LogP contribution in [0.1, 0.15) is 25.2 Å². The van der Waals surface area contributed by atoms with Gasteiger partial charge in [-0.05, 0) is 30.7 Å². The zero-order valence-electron chi connectivity index (χ0n) is 14.3. The Morgan fingerprint density at radius 3 is 2.60 bits per heavy atom. The van der Waals surface area contributed by atoms with Crippen LogP contribution in [0.25, 0.3) is 11.4 Å². The van der Waals surface area contributed by atoms with Crippen LogP contribution in [0.2, 0.25) is 0 Å². The average molecular weight is 347 g/mol. The Kier molecular flexibility index (Phi) is 6.50. The largest absolute Gasteiger partial charge is 0.497 e. The van der Waals surface area contributed by atoms with Crippen molar-refractivity contribution in [3.63, 3.8) is 0 Å². The first-order chi connectivity index (χ1) is 12.0. The number of amides is 1. The van der Waals surface area contributed by atoms with Crippen molar-refractivity contribution >= 4 is 11.9 Å². The van der Waals surface area contributed by atoms with E-state index < -0.39 is 5.97 Å². The number of carbonyl (C=O) groups excluding carboxylic acids is 1. The van der Waals surface area contributed by atoms with Gasteiger partial charge in [-0.15, -0.1) is 0 Å². The summed E-state index contributed by atoms with van der Waals surface area (Å²) in [6.45, 7) is 0.409. The van der Waals surface area contributed by atoms with Gasteiger partial charge < -0.3 is 19.3 Å². The summed E-state index contributed by atoms with van der Waals surface area (Å²) in [5.74, 6) is 0.634. The molecule has 0 bridgehead atoms. The van der Waals surface area contributed by atoms with Crippen molar-refractivity contribution in [3.05, 3.63) is 30.2 Å². The summed E-state index contributed by atoms with van der Waals surface area (Å²) in [5, 5.41) is 12.5. The summed E-state index contributed by atoms with van der Waals surface area (Å²) in [6, 6.07) is 7.27. The molecule has 0 spiro atoms. The molecule has 0 atom stereocenters. The van der Waals surface area contributed by atoms with Gasteiger partial charge in [0.15, 0.2) is 0 Å². The van der Waals surface area contributed by atoms with Crippen molar-refractivity contribution in [2.45, 2.75) is 25.7 Å². The highest BCUT2D eigenvalue weighted by Crippen LogP contribution is 2.20. The number of hydrogen-bond acceptors (Lipinski definition) is 6. The minimum Gasteiger partial charge on any atom is -0.497 e. The molecule has 1 heterocycles. The van der Waals surface area contributed by atoms with E-state index in [2.05, 4.69) is 10.1 Å². The predicted molar refractivity (Wildman–Crippen MR) is 89.1 cm³/mol. The number of carboxylic acid groups (broad SMARTS) is 1. The standard InChI is InChI=1S/C17H21N3O5/c1-20(11-3-4-16(22)23)15(21)10-9-14-18-17(19-25-14)12-5-7-13(24-2)8-6-12/h5-8H,3-4,9-11H2,1-2H3,(H,22,23). The average Bonchev–Trinajstić information content (AvgIpc) is 3.08. The molecule has 134 valence electrons. The number of aryl methyl sites for hydroxylation is 1. The smallest absolute Gasteiger partial charge is 0.303 e. The molecule has 0 aliphatic rings. The lowest BCUT2D eigenvalue weighted by atomic mass is 10.2. The van der Waals surface area contributed by atoms with Crippen molar-refractivity contribution in [1.82, 2.24) is 15.0 Å². The number of carbonyl (C=O) groups is 2. The van der Waals surface area contributed by atoms with Gasteiger partial charge in [0.2, 0.25) is 17.6 Å². The fraction of sp³-hybridized carbons (Fsp3) is 0.412. The van der Waals surface area contributed by atoms with Gasteiger partial charge in [-0.2, -0.15) is 4.98 Å². The third-order valence-electron chi connectivity index (χ3n) is 3.68. The molecule has 1 amide bonds.